The summed E-state index contributed by atoms with van der Waals surface area (Å²) in [6.07, 6.45) is 0.696. The fraction of sp³-hybridized carbons (Fsp3) is 0.500. The number of aliphatic hydroxyl groups excluding tert-OH is 1. The number of benzene rings is 1. The molecule has 0 bridgehead atoms. The Kier molecular flexibility index (Phi) is 2.92. The van der Waals surface area contributed by atoms with E-state index in [2.05, 4.69) is 5.32 Å². The van der Waals surface area contributed by atoms with E-state index in [1.165, 1.54) is 0 Å². The van der Waals surface area contributed by atoms with Gasteiger partial charge in [0, 0.05) is 23.9 Å². The smallest absolute Gasteiger partial charge is 0.231 e. The van der Waals surface area contributed by atoms with Crippen LogP contribution in [0, 0.1) is 0 Å². The topological polar surface area (TPSA) is 50.7 Å². The summed E-state index contributed by atoms with van der Waals surface area (Å²) in [5.74, 6) is 1.55. The first-order chi connectivity index (χ1) is 7.61. The fourth-order valence-corrected chi connectivity index (χ4v) is 1.71. The molecule has 1 aromatic carbocycles. The van der Waals surface area contributed by atoms with E-state index < -0.39 is 0 Å². The number of fused-ring (bicyclic) bond motifs is 1. The number of ether oxygens (including phenoxy) is 2. The second-order valence-corrected chi connectivity index (χ2v) is 4.55. The van der Waals surface area contributed by atoms with Gasteiger partial charge in [0.2, 0.25) is 6.79 Å². The number of aliphatic hydroxyl groups is 1. The zero-order valence-electron chi connectivity index (χ0n) is 9.62. The molecule has 1 aliphatic rings. The van der Waals surface area contributed by atoms with Gasteiger partial charge in [-0.3, -0.25) is 0 Å². The first kappa shape index (κ1) is 11.1. The molecule has 1 heterocycles. The summed E-state index contributed by atoms with van der Waals surface area (Å²) < 4.78 is 10.5. The Morgan fingerprint density at radius 1 is 1.31 bits per heavy atom. The molecule has 16 heavy (non-hydrogen) atoms. The first-order valence-electron chi connectivity index (χ1n) is 5.39. The summed E-state index contributed by atoms with van der Waals surface area (Å²) in [6, 6.07) is 5.76. The minimum atomic E-state index is -0.136. The van der Waals surface area contributed by atoms with Gasteiger partial charge in [-0.1, -0.05) is 0 Å². The Labute approximate surface area is 95.2 Å². The van der Waals surface area contributed by atoms with E-state index in [9.17, 15) is 0 Å². The van der Waals surface area contributed by atoms with Crippen molar-refractivity contribution >= 4 is 5.69 Å². The van der Waals surface area contributed by atoms with E-state index in [1.807, 2.05) is 32.0 Å². The number of hydrogen-bond acceptors (Lipinski definition) is 4. The van der Waals surface area contributed by atoms with Crippen molar-refractivity contribution in [3.05, 3.63) is 18.2 Å². The third-order valence-electron chi connectivity index (χ3n) is 2.59. The molecule has 0 atom stereocenters. The van der Waals surface area contributed by atoms with Crippen molar-refractivity contribution in [2.75, 3.05) is 18.7 Å². The van der Waals surface area contributed by atoms with Crippen LogP contribution in [0.2, 0.25) is 0 Å². The van der Waals surface area contributed by atoms with Crippen molar-refractivity contribution in [2.45, 2.75) is 25.8 Å². The van der Waals surface area contributed by atoms with Crippen LogP contribution in [0.15, 0.2) is 18.2 Å². The van der Waals surface area contributed by atoms with Crippen LogP contribution in [0.1, 0.15) is 20.3 Å². The molecular weight excluding hydrogens is 206 g/mol. The Bertz CT molecular complexity index is 377. The van der Waals surface area contributed by atoms with Crippen molar-refractivity contribution < 1.29 is 14.6 Å². The van der Waals surface area contributed by atoms with Gasteiger partial charge in [-0.25, -0.2) is 0 Å². The molecule has 88 valence electrons. The van der Waals surface area contributed by atoms with Crippen LogP contribution in [-0.2, 0) is 0 Å². The maximum Gasteiger partial charge on any atom is 0.231 e. The molecule has 0 unspecified atom stereocenters. The molecule has 0 amide bonds. The van der Waals surface area contributed by atoms with Crippen molar-refractivity contribution in [3.8, 4) is 11.5 Å². The molecule has 1 aliphatic heterocycles. The number of hydrogen-bond donors (Lipinski definition) is 2. The van der Waals surface area contributed by atoms with E-state index in [0.717, 1.165) is 17.2 Å². The Morgan fingerprint density at radius 3 is 2.81 bits per heavy atom. The van der Waals surface area contributed by atoms with E-state index >= 15 is 0 Å². The second kappa shape index (κ2) is 4.22. The maximum absolute atomic E-state index is 8.95. The first-order valence-corrected chi connectivity index (χ1v) is 5.39. The summed E-state index contributed by atoms with van der Waals surface area (Å²) in [7, 11) is 0. The highest BCUT2D eigenvalue weighted by Gasteiger charge is 2.19. The lowest BCUT2D eigenvalue weighted by molar-refractivity contribution is 0.174. The minimum Gasteiger partial charge on any atom is -0.454 e. The number of nitrogens with one attached hydrogen (secondary N) is 1. The SMILES string of the molecule is CC(C)(CCO)Nc1ccc2c(c1)OCO2. The zero-order valence-corrected chi connectivity index (χ0v) is 9.62. The van der Waals surface area contributed by atoms with Crippen LogP contribution in [0.5, 0.6) is 11.5 Å². The summed E-state index contributed by atoms with van der Waals surface area (Å²) in [6.45, 7) is 4.56. The Morgan fingerprint density at radius 2 is 2.06 bits per heavy atom. The van der Waals surface area contributed by atoms with E-state index in [4.69, 9.17) is 14.6 Å². The molecule has 4 heteroatoms. The monoisotopic (exact) mass is 223 g/mol. The highest BCUT2D eigenvalue weighted by molar-refractivity contribution is 5.56. The highest BCUT2D eigenvalue weighted by Crippen LogP contribution is 2.35. The van der Waals surface area contributed by atoms with Gasteiger partial charge in [0.05, 0.1) is 0 Å². The van der Waals surface area contributed by atoms with Gasteiger partial charge in [0.25, 0.3) is 0 Å². The van der Waals surface area contributed by atoms with Gasteiger partial charge >= 0.3 is 0 Å². The summed E-state index contributed by atoms with van der Waals surface area (Å²) in [5, 5.41) is 12.3. The van der Waals surface area contributed by atoms with E-state index in [1.54, 1.807) is 0 Å². The molecular formula is C12H17NO3. The van der Waals surface area contributed by atoms with Gasteiger partial charge in [-0.2, -0.15) is 0 Å². The van der Waals surface area contributed by atoms with Gasteiger partial charge in [0.1, 0.15) is 0 Å². The maximum atomic E-state index is 8.95. The quantitative estimate of drug-likeness (QED) is 0.819. The molecule has 1 aromatic rings. The van der Waals surface area contributed by atoms with Gasteiger partial charge in [-0.05, 0) is 32.4 Å². The van der Waals surface area contributed by atoms with Gasteiger partial charge in [-0.15, -0.1) is 0 Å². The fourth-order valence-electron chi connectivity index (χ4n) is 1.71. The van der Waals surface area contributed by atoms with Crippen molar-refractivity contribution in [1.29, 1.82) is 0 Å². The lowest BCUT2D eigenvalue weighted by atomic mass is 10.0. The lowest BCUT2D eigenvalue weighted by Gasteiger charge is -2.26. The second-order valence-electron chi connectivity index (χ2n) is 4.55. The summed E-state index contributed by atoms with van der Waals surface area (Å²) in [4.78, 5) is 0. The third kappa shape index (κ3) is 2.39. The number of anilines is 1. The molecule has 2 N–H and O–H groups in total. The van der Waals surface area contributed by atoms with Crippen molar-refractivity contribution in [3.63, 3.8) is 0 Å². The van der Waals surface area contributed by atoms with Crippen LogP contribution in [0.4, 0.5) is 5.69 Å². The predicted octanol–water partition coefficient (Wildman–Crippen LogP) is 1.99. The molecule has 0 saturated heterocycles. The molecule has 2 rings (SSSR count). The minimum absolute atomic E-state index is 0.136. The van der Waals surface area contributed by atoms with E-state index in [-0.39, 0.29) is 12.1 Å². The lowest BCUT2D eigenvalue weighted by Crippen LogP contribution is -2.31. The highest BCUT2D eigenvalue weighted by atomic mass is 16.7. The molecule has 0 aliphatic carbocycles. The summed E-state index contributed by atoms with van der Waals surface area (Å²) >= 11 is 0. The summed E-state index contributed by atoms with van der Waals surface area (Å²) in [5.41, 5.74) is 0.838. The number of rotatable bonds is 4. The average Bonchev–Trinajstić information content (AvgIpc) is 2.63. The predicted molar refractivity (Wildman–Crippen MR) is 62.0 cm³/mol. The zero-order chi connectivity index (χ0) is 11.6. The van der Waals surface area contributed by atoms with Crippen molar-refractivity contribution in [1.82, 2.24) is 0 Å². The molecule has 0 aromatic heterocycles. The van der Waals surface area contributed by atoms with Crippen LogP contribution in [0.25, 0.3) is 0 Å². The molecule has 0 fully saturated rings. The van der Waals surface area contributed by atoms with Crippen LogP contribution < -0.4 is 14.8 Å². The van der Waals surface area contributed by atoms with Crippen molar-refractivity contribution in [2.24, 2.45) is 0 Å². The van der Waals surface area contributed by atoms with Crippen LogP contribution in [-0.4, -0.2) is 24.0 Å². The normalized spacial score (nSPS) is 13.9. The standard InChI is InChI=1S/C12H17NO3/c1-12(2,5-6-14)13-9-3-4-10-11(7-9)16-8-15-10/h3-4,7,13-14H,5-6,8H2,1-2H3. The Balaban J connectivity index is 2.10. The molecule has 0 radical (unpaired) electrons. The third-order valence-corrected chi connectivity index (χ3v) is 2.59. The van der Waals surface area contributed by atoms with Gasteiger partial charge in [0.15, 0.2) is 11.5 Å². The molecule has 0 saturated carbocycles. The largest absolute Gasteiger partial charge is 0.454 e. The molecule has 0 spiro atoms. The Hall–Kier alpha value is -1.42. The average molecular weight is 223 g/mol. The van der Waals surface area contributed by atoms with Crippen LogP contribution >= 0.6 is 0 Å². The van der Waals surface area contributed by atoms with Crippen LogP contribution in [0.3, 0.4) is 0 Å². The van der Waals surface area contributed by atoms with E-state index in [0.29, 0.717) is 13.2 Å². The van der Waals surface area contributed by atoms with Gasteiger partial charge < -0.3 is 19.9 Å². The molecule has 4 nitrogen and oxygen atoms in total.